The fourth-order valence-electron chi connectivity index (χ4n) is 1.39. The Balaban J connectivity index is 2.32. The number of hydrogen-bond acceptors (Lipinski definition) is 1. The Morgan fingerprint density at radius 1 is 1.15 bits per heavy atom. The first kappa shape index (κ1) is 16.8. The second kappa shape index (κ2) is 7.47. The summed E-state index contributed by atoms with van der Waals surface area (Å²) < 4.78 is 6.10. The highest BCUT2D eigenvalue weighted by molar-refractivity contribution is 6.74. The smallest absolute Gasteiger partial charge is 0.191 e. The zero-order chi connectivity index (χ0) is 15.1. The lowest BCUT2D eigenvalue weighted by Gasteiger charge is -2.36. The predicted molar refractivity (Wildman–Crippen MR) is 90.2 cm³/mol. The molecule has 0 saturated heterocycles. The van der Waals surface area contributed by atoms with Crippen LogP contribution in [0.1, 0.15) is 32.8 Å². The highest BCUT2D eigenvalue weighted by Gasteiger charge is 2.36. The van der Waals surface area contributed by atoms with Crippen LogP contribution in [0.15, 0.2) is 42.5 Å². The van der Waals surface area contributed by atoms with Crippen LogP contribution in [0.25, 0.3) is 0 Å². The minimum atomic E-state index is -1.60. The second-order valence-corrected chi connectivity index (χ2v) is 11.2. The van der Waals surface area contributed by atoms with Gasteiger partial charge in [-0.1, -0.05) is 56.9 Å². The van der Waals surface area contributed by atoms with Gasteiger partial charge in [0.15, 0.2) is 8.32 Å². The lowest BCUT2D eigenvalue weighted by molar-refractivity contribution is 0.294. The van der Waals surface area contributed by atoms with E-state index in [0.717, 1.165) is 18.6 Å². The number of allylic oxidation sites excluding steroid dienone is 1. The van der Waals surface area contributed by atoms with Gasteiger partial charge in [0.2, 0.25) is 0 Å². The van der Waals surface area contributed by atoms with Crippen molar-refractivity contribution < 1.29 is 4.43 Å². The third-order valence-corrected chi connectivity index (χ3v) is 8.28. The van der Waals surface area contributed by atoms with Crippen molar-refractivity contribution in [1.29, 1.82) is 0 Å². The summed E-state index contributed by atoms with van der Waals surface area (Å²) in [5.41, 5.74) is 1.05. The monoisotopic (exact) mass is 286 g/mol. The molecule has 0 aromatic heterocycles. The Morgan fingerprint density at radius 3 is 2.40 bits per heavy atom. The lowest BCUT2D eigenvalue weighted by atomic mass is 10.2. The van der Waals surface area contributed by atoms with Crippen LogP contribution < -0.4 is 0 Å². The molecule has 1 aromatic carbocycles. The van der Waals surface area contributed by atoms with Crippen molar-refractivity contribution in [3.63, 3.8) is 0 Å². The highest BCUT2D eigenvalue weighted by Crippen LogP contribution is 2.36. The van der Waals surface area contributed by atoms with Gasteiger partial charge in [-0.3, -0.25) is 0 Å². The van der Waals surface area contributed by atoms with Crippen molar-refractivity contribution >= 4 is 8.32 Å². The van der Waals surface area contributed by atoms with Crippen molar-refractivity contribution in [2.75, 3.05) is 6.61 Å². The predicted octanol–water partition coefficient (Wildman–Crippen LogP) is 5.01. The maximum Gasteiger partial charge on any atom is 0.191 e. The minimum absolute atomic E-state index is 0.282. The van der Waals surface area contributed by atoms with Crippen molar-refractivity contribution in [2.24, 2.45) is 0 Å². The largest absolute Gasteiger partial charge is 0.417 e. The summed E-state index contributed by atoms with van der Waals surface area (Å²) in [6.07, 6.45) is 4.93. The van der Waals surface area contributed by atoms with Crippen LogP contribution in [0.5, 0.6) is 0 Å². The zero-order valence-electron chi connectivity index (χ0n) is 13.4. The molecule has 0 aliphatic carbocycles. The van der Waals surface area contributed by atoms with E-state index in [0.29, 0.717) is 0 Å². The van der Waals surface area contributed by atoms with E-state index in [4.69, 9.17) is 4.43 Å². The van der Waals surface area contributed by atoms with Gasteiger partial charge in [-0.25, -0.2) is 0 Å². The molecule has 0 aliphatic rings. The third-order valence-electron chi connectivity index (χ3n) is 3.75. The van der Waals surface area contributed by atoms with Crippen LogP contribution in [0.3, 0.4) is 0 Å². The molecule has 0 unspecified atom stereocenters. The highest BCUT2D eigenvalue weighted by atomic mass is 28.4. The van der Waals surface area contributed by atoms with Crippen LogP contribution in [0.2, 0.25) is 18.1 Å². The Hall–Kier alpha value is -1.30. The molecule has 0 amide bonds. The van der Waals surface area contributed by atoms with Gasteiger partial charge in [-0.2, -0.15) is 0 Å². The normalized spacial score (nSPS) is 12.2. The van der Waals surface area contributed by atoms with Crippen LogP contribution in [-0.4, -0.2) is 14.9 Å². The first-order valence-corrected chi connectivity index (χ1v) is 10.1. The summed E-state index contributed by atoms with van der Waals surface area (Å²) in [6, 6.07) is 10.0. The average molecular weight is 286 g/mol. The van der Waals surface area contributed by atoms with E-state index in [1.165, 1.54) is 0 Å². The molecule has 0 heterocycles. The van der Waals surface area contributed by atoms with Gasteiger partial charge < -0.3 is 4.43 Å². The molecule has 1 nitrogen and oxygen atoms in total. The number of rotatable bonds is 4. The standard InChI is InChI=1S/C18H26OSi/c1-18(2,3)20(4,5)19-16-12-7-6-9-13-17-14-10-8-11-15-17/h6-8,10-11,14-15H,12,16H2,1-5H3/b7-6+. The Labute approximate surface area is 125 Å². The molecule has 0 spiro atoms. The molecule has 108 valence electrons. The third kappa shape index (κ3) is 5.77. The van der Waals surface area contributed by atoms with E-state index in [1.807, 2.05) is 36.4 Å². The van der Waals surface area contributed by atoms with E-state index in [-0.39, 0.29) is 5.04 Å². The van der Waals surface area contributed by atoms with Crippen molar-refractivity contribution in [1.82, 2.24) is 0 Å². The van der Waals surface area contributed by atoms with Crippen LogP contribution in [0.4, 0.5) is 0 Å². The minimum Gasteiger partial charge on any atom is -0.417 e. The maximum absolute atomic E-state index is 6.10. The van der Waals surface area contributed by atoms with E-state index in [2.05, 4.69) is 51.8 Å². The molecule has 0 atom stereocenters. The molecule has 1 aromatic rings. The molecule has 0 saturated carbocycles. The quantitative estimate of drug-likeness (QED) is 0.429. The first-order valence-electron chi connectivity index (χ1n) is 7.18. The summed E-state index contributed by atoms with van der Waals surface area (Å²) in [7, 11) is -1.60. The van der Waals surface area contributed by atoms with E-state index >= 15 is 0 Å². The molecule has 2 heteroatoms. The molecule has 0 N–H and O–H groups in total. The average Bonchev–Trinajstić information content (AvgIpc) is 2.37. The zero-order valence-corrected chi connectivity index (χ0v) is 14.4. The molecule has 1 rings (SSSR count). The molecule has 0 aliphatic heterocycles. The second-order valence-electron chi connectivity index (χ2n) is 6.44. The molecule has 0 bridgehead atoms. The molecule has 20 heavy (non-hydrogen) atoms. The van der Waals surface area contributed by atoms with Gasteiger partial charge in [0, 0.05) is 12.2 Å². The van der Waals surface area contributed by atoms with E-state index in [9.17, 15) is 0 Å². The SMILES string of the molecule is CC(C)(C)[Si](C)(C)OCC/C=C/C#Cc1ccccc1. The molecule has 0 radical (unpaired) electrons. The Kier molecular flexibility index (Phi) is 6.26. The molecular weight excluding hydrogens is 260 g/mol. The van der Waals surface area contributed by atoms with E-state index in [1.54, 1.807) is 0 Å². The summed E-state index contributed by atoms with van der Waals surface area (Å²) in [6.45, 7) is 12.2. The molecule has 0 fully saturated rings. The van der Waals surface area contributed by atoms with Crippen molar-refractivity contribution in [2.45, 2.75) is 45.3 Å². The van der Waals surface area contributed by atoms with Crippen LogP contribution in [-0.2, 0) is 4.43 Å². The topological polar surface area (TPSA) is 9.23 Å². The van der Waals surface area contributed by atoms with Gasteiger partial charge >= 0.3 is 0 Å². The van der Waals surface area contributed by atoms with Crippen molar-refractivity contribution in [3.05, 3.63) is 48.0 Å². The van der Waals surface area contributed by atoms with Crippen LogP contribution >= 0.6 is 0 Å². The summed E-state index contributed by atoms with van der Waals surface area (Å²) >= 11 is 0. The summed E-state index contributed by atoms with van der Waals surface area (Å²) in [5, 5.41) is 0.282. The maximum atomic E-state index is 6.10. The lowest BCUT2D eigenvalue weighted by Crippen LogP contribution is -2.40. The fourth-order valence-corrected chi connectivity index (χ4v) is 2.45. The van der Waals surface area contributed by atoms with Crippen molar-refractivity contribution in [3.8, 4) is 11.8 Å². The van der Waals surface area contributed by atoms with Gasteiger partial charge in [-0.15, -0.1) is 0 Å². The number of hydrogen-bond donors (Lipinski definition) is 0. The van der Waals surface area contributed by atoms with Crippen LogP contribution in [0, 0.1) is 11.8 Å². The van der Waals surface area contributed by atoms with Gasteiger partial charge in [0.1, 0.15) is 0 Å². The van der Waals surface area contributed by atoms with Gasteiger partial charge in [0.05, 0.1) is 0 Å². The van der Waals surface area contributed by atoms with Gasteiger partial charge in [0.25, 0.3) is 0 Å². The Morgan fingerprint density at radius 2 is 1.80 bits per heavy atom. The first-order chi connectivity index (χ1) is 9.33. The van der Waals surface area contributed by atoms with Gasteiger partial charge in [-0.05, 0) is 42.8 Å². The summed E-state index contributed by atoms with van der Waals surface area (Å²) in [4.78, 5) is 0. The summed E-state index contributed by atoms with van der Waals surface area (Å²) in [5.74, 6) is 6.16. The number of benzene rings is 1. The molecular formula is C18H26OSi. The Bertz CT molecular complexity index is 484. The fraction of sp³-hybridized carbons (Fsp3) is 0.444. The van der Waals surface area contributed by atoms with E-state index < -0.39 is 8.32 Å².